The summed E-state index contributed by atoms with van der Waals surface area (Å²) in [6.45, 7) is 0.310. The van der Waals surface area contributed by atoms with Crippen molar-refractivity contribution in [1.82, 2.24) is 0 Å². The maximum atomic E-state index is 6.29. The van der Waals surface area contributed by atoms with Crippen LogP contribution in [-0.4, -0.2) is 23.2 Å². The Hall–Kier alpha value is -2.60. The van der Waals surface area contributed by atoms with Crippen LogP contribution in [0.3, 0.4) is 0 Å². The third-order valence-electron chi connectivity index (χ3n) is 5.75. The Kier molecular flexibility index (Phi) is 5.11. The van der Waals surface area contributed by atoms with Crippen LogP contribution < -0.4 is 9.75 Å². The summed E-state index contributed by atoms with van der Waals surface area (Å²) in [7, 11) is 0. The van der Waals surface area contributed by atoms with Crippen LogP contribution in [0.25, 0.3) is 0 Å². The molecule has 1 aliphatic carbocycles. The van der Waals surface area contributed by atoms with E-state index in [9.17, 15) is 0 Å². The lowest BCUT2D eigenvalue weighted by molar-refractivity contribution is -0.746. The minimum absolute atomic E-state index is 0.310. The molecule has 0 N–H and O–H groups in total. The van der Waals surface area contributed by atoms with Gasteiger partial charge in [-0.3, -0.25) is 4.99 Å². The summed E-state index contributed by atoms with van der Waals surface area (Å²) >= 11 is 12.6. The van der Waals surface area contributed by atoms with Crippen LogP contribution in [-0.2, 0) is 6.61 Å². The second-order valence-corrected chi connectivity index (χ2v) is 8.36. The largest absolute Gasteiger partial charge is 0.489 e. The van der Waals surface area contributed by atoms with Crippen molar-refractivity contribution >= 4 is 41.4 Å². The fourth-order valence-electron chi connectivity index (χ4n) is 3.98. The number of rotatable bonds is 6. The minimum Gasteiger partial charge on any atom is -0.489 e. The Morgan fingerprint density at radius 1 is 1.07 bits per heavy atom. The number of hydrogen-bond acceptors (Lipinski definition) is 4. The summed E-state index contributed by atoms with van der Waals surface area (Å²) in [4.78, 5) is 8.74. The molecule has 7 heteroatoms. The fourth-order valence-corrected chi connectivity index (χ4v) is 4.48. The summed E-state index contributed by atoms with van der Waals surface area (Å²) in [5, 5.41) is 3.60. The van der Waals surface area contributed by atoms with Crippen LogP contribution in [0.5, 0.6) is 5.75 Å². The first-order valence-corrected chi connectivity index (χ1v) is 10.7. The first kappa shape index (κ1) is 19.4. The van der Waals surface area contributed by atoms with Gasteiger partial charge in [-0.1, -0.05) is 35.3 Å². The molecule has 1 atom stereocenters. The van der Waals surface area contributed by atoms with Gasteiger partial charge in [0.05, 0.1) is 30.3 Å². The zero-order chi connectivity index (χ0) is 20.6. The van der Waals surface area contributed by atoms with E-state index < -0.39 is 0 Å². The molecule has 152 valence electrons. The number of ether oxygens (including phenoxy) is 1. The number of aliphatic imine (C=N–C) groups is 2. The predicted molar refractivity (Wildman–Crippen MR) is 122 cm³/mol. The first-order chi connectivity index (χ1) is 14.7. The molecule has 0 bridgehead atoms. The highest BCUT2D eigenvalue weighted by atomic mass is 35.5. The highest BCUT2D eigenvalue weighted by Crippen LogP contribution is 2.40. The van der Waals surface area contributed by atoms with E-state index in [0.29, 0.717) is 27.3 Å². The lowest BCUT2D eigenvalue weighted by atomic mass is 9.91. The van der Waals surface area contributed by atoms with E-state index in [1.54, 1.807) is 0 Å². The fraction of sp³-hybridized carbons (Fsp3) is 0.217. The molecule has 2 heterocycles. The van der Waals surface area contributed by atoms with Crippen LogP contribution in [0.2, 0.25) is 10.0 Å². The number of anilines is 1. The summed E-state index contributed by atoms with van der Waals surface area (Å²) in [6, 6.07) is 14.0. The van der Waals surface area contributed by atoms with Gasteiger partial charge in [0.15, 0.2) is 6.20 Å². The summed E-state index contributed by atoms with van der Waals surface area (Å²) < 4.78 is 6.50. The molecule has 5 nitrogen and oxygen atoms in total. The van der Waals surface area contributed by atoms with E-state index >= 15 is 0 Å². The zero-order valence-electron chi connectivity index (χ0n) is 16.3. The first-order valence-electron chi connectivity index (χ1n) is 9.97. The molecule has 1 saturated carbocycles. The van der Waals surface area contributed by atoms with Gasteiger partial charge in [-0.25, -0.2) is 10.0 Å². The van der Waals surface area contributed by atoms with Crippen molar-refractivity contribution in [3.05, 3.63) is 82.4 Å². The SMILES string of the molecule is Clc1cccc(Cl)c1COc1cccc(N(C2CCC2)[N+]23C=CN=CC2=CN=C3)c1. The molecule has 30 heavy (non-hydrogen) atoms. The summed E-state index contributed by atoms with van der Waals surface area (Å²) in [5.41, 5.74) is 2.89. The monoisotopic (exact) mass is 439 g/mol. The van der Waals surface area contributed by atoms with Crippen molar-refractivity contribution in [2.24, 2.45) is 9.98 Å². The van der Waals surface area contributed by atoms with Gasteiger partial charge in [-0.15, -0.1) is 4.59 Å². The second-order valence-electron chi connectivity index (χ2n) is 7.55. The highest BCUT2D eigenvalue weighted by Gasteiger charge is 2.46. The lowest BCUT2D eigenvalue weighted by Gasteiger charge is -2.46. The molecule has 0 radical (unpaired) electrons. The zero-order valence-corrected chi connectivity index (χ0v) is 17.8. The van der Waals surface area contributed by atoms with Crippen molar-refractivity contribution in [2.75, 3.05) is 5.01 Å². The Labute approximate surface area is 185 Å². The second kappa shape index (κ2) is 7.91. The van der Waals surface area contributed by atoms with Gasteiger partial charge < -0.3 is 4.74 Å². The molecule has 0 spiro atoms. The Balaban J connectivity index is 1.45. The van der Waals surface area contributed by atoms with Crippen LogP contribution in [0, 0.1) is 0 Å². The quantitative estimate of drug-likeness (QED) is 0.509. The smallest absolute Gasteiger partial charge is 0.225 e. The van der Waals surface area contributed by atoms with Crippen molar-refractivity contribution in [3.8, 4) is 5.75 Å². The van der Waals surface area contributed by atoms with E-state index in [0.717, 1.165) is 35.5 Å². The number of nitrogens with zero attached hydrogens (tertiary/aromatic N) is 4. The summed E-state index contributed by atoms with van der Waals surface area (Å²) in [5.74, 6) is 0.766. The highest BCUT2D eigenvalue weighted by molar-refractivity contribution is 6.35. The van der Waals surface area contributed by atoms with Crippen molar-refractivity contribution < 1.29 is 9.33 Å². The van der Waals surface area contributed by atoms with E-state index in [1.165, 1.54) is 6.42 Å². The standard InChI is InChI=1S/C23H21Cl2N4O/c24-22-8-3-9-23(25)21(22)15-30-20-7-2-6-18(12-20)28(17-4-1-5-17)29-11-10-26-13-19(29)14-27-16-29/h2-3,6-14,16-17H,1,4-5,15H2/q+1. The van der Waals surface area contributed by atoms with Crippen molar-refractivity contribution in [2.45, 2.75) is 31.9 Å². The minimum atomic E-state index is 0.310. The predicted octanol–water partition coefficient (Wildman–Crippen LogP) is 6.10. The maximum absolute atomic E-state index is 6.29. The molecule has 2 aromatic carbocycles. The van der Waals surface area contributed by atoms with E-state index in [2.05, 4.69) is 33.3 Å². The van der Waals surface area contributed by atoms with Crippen LogP contribution >= 0.6 is 23.2 Å². The Bertz CT molecular complexity index is 1070. The Morgan fingerprint density at radius 3 is 2.63 bits per heavy atom. The number of halogens is 2. The maximum Gasteiger partial charge on any atom is 0.225 e. The average molecular weight is 440 g/mol. The van der Waals surface area contributed by atoms with Gasteiger partial charge >= 0.3 is 0 Å². The molecule has 1 unspecified atom stereocenters. The van der Waals surface area contributed by atoms with Gasteiger partial charge in [-0.2, -0.15) is 0 Å². The molecular formula is C23H21Cl2N4O+. The third kappa shape index (κ3) is 3.33. The van der Waals surface area contributed by atoms with Crippen molar-refractivity contribution in [1.29, 1.82) is 0 Å². The van der Waals surface area contributed by atoms with Gasteiger partial charge in [-0.05, 0) is 43.5 Å². The van der Waals surface area contributed by atoms with Crippen molar-refractivity contribution in [3.63, 3.8) is 0 Å². The number of allylic oxidation sites excluding steroid dienone is 1. The molecular weight excluding hydrogens is 419 g/mol. The molecule has 2 aliphatic heterocycles. The van der Waals surface area contributed by atoms with Crippen LogP contribution in [0.1, 0.15) is 24.8 Å². The van der Waals surface area contributed by atoms with E-state index in [4.69, 9.17) is 27.9 Å². The molecule has 0 aromatic heterocycles. The number of hydrogen-bond donors (Lipinski definition) is 0. The lowest BCUT2D eigenvalue weighted by Crippen LogP contribution is -2.61. The molecule has 2 aromatic rings. The van der Waals surface area contributed by atoms with Crippen LogP contribution in [0.15, 0.2) is 76.7 Å². The number of fused-ring (bicyclic) bond motifs is 1. The van der Waals surface area contributed by atoms with Gasteiger partial charge in [0.25, 0.3) is 0 Å². The number of quaternary nitrogens is 1. The topological polar surface area (TPSA) is 37.2 Å². The van der Waals surface area contributed by atoms with Gasteiger partial charge in [0.2, 0.25) is 12.0 Å². The normalized spacial score (nSPS) is 21.9. The third-order valence-corrected chi connectivity index (χ3v) is 6.46. The van der Waals surface area contributed by atoms with Gasteiger partial charge in [0.1, 0.15) is 12.4 Å². The molecule has 5 rings (SSSR count). The molecule has 1 fully saturated rings. The summed E-state index contributed by atoms with van der Waals surface area (Å²) in [6.07, 6.45) is 13.1. The Morgan fingerprint density at radius 2 is 1.87 bits per heavy atom. The molecule has 0 saturated heterocycles. The van der Waals surface area contributed by atoms with Crippen LogP contribution in [0.4, 0.5) is 5.69 Å². The van der Waals surface area contributed by atoms with Gasteiger partial charge in [0, 0.05) is 21.7 Å². The van der Waals surface area contributed by atoms with E-state index in [1.807, 2.05) is 55.3 Å². The molecule has 3 aliphatic rings. The average Bonchev–Trinajstić information content (AvgIpc) is 3.15. The number of benzene rings is 2. The van der Waals surface area contributed by atoms with E-state index in [-0.39, 0.29) is 0 Å². The molecule has 0 amide bonds.